The van der Waals surface area contributed by atoms with Crippen LogP contribution in [0.15, 0.2) is 9.00 Å². The molecule has 1 rings (SSSR count). The summed E-state index contributed by atoms with van der Waals surface area (Å²) in [6, 6.07) is -0.540. The number of aromatic nitrogens is 1. The molecule has 0 spiro atoms. The van der Waals surface area contributed by atoms with Crippen LogP contribution < -0.4 is 9.60 Å². The van der Waals surface area contributed by atoms with Crippen LogP contribution in [0.4, 0.5) is 0 Å². The van der Waals surface area contributed by atoms with Gasteiger partial charge in [-0.15, -0.1) is 6.42 Å². The molecule has 2 N–H and O–H groups in total. The standard InChI is InChI=1S/C10H14N2O3S2/c1-4-6-8(5-2)12-17(14,15)9-7(3)11-10(13)16-9/h2,8,12H,4,6H2,1,3H3,(H,11,13). The molecule has 1 heterocycles. The van der Waals surface area contributed by atoms with Gasteiger partial charge in [-0.1, -0.05) is 30.6 Å². The topological polar surface area (TPSA) is 79.0 Å². The Bertz CT molecular complexity index is 577. The molecule has 0 radical (unpaired) electrons. The van der Waals surface area contributed by atoms with Crippen molar-refractivity contribution in [2.24, 2.45) is 0 Å². The van der Waals surface area contributed by atoms with E-state index in [0.717, 1.165) is 6.42 Å². The van der Waals surface area contributed by atoms with Gasteiger partial charge in [-0.2, -0.15) is 4.72 Å². The fourth-order valence-corrected chi connectivity index (χ4v) is 3.86. The SMILES string of the molecule is C#CC(CCC)NS(=O)(=O)c1sc(=O)[nH]c1C. The second-order valence-electron chi connectivity index (χ2n) is 3.56. The van der Waals surface area contributed by atoms with Crippen LogP contribution in [0, 0.1) is 19.3 Å². The molecule has 0 aliphatic rings. The Morgan fingerprint density at radius 1 is 1.59 bits per heavy atom. The van der Waals surface area contributed by atoms with Crippen LogP contribution in [0.2, 0.25) is 0 Å². The molecule has 0 saturated carbocycles. The van der Waals surface area contributed by atoms with Gasteiger partial charge in [0, 0.05) is 5.69 Å². The number of rotatable bonds is 5. The van der Waals surface area contributed by atoms with Crippen molar-refractivity contribution < 1.29 is 8.42 Å². The molecule has 7 heteroatoms. The number of terminal acetylenes is 1. The maximum Gasteiger partial charge on any atom is 0.305 e. The van der Waals surface area contributed by atoms with Crippen molar-refractivity contribution in [3.63, 3.8) is 0 Å². The maximum atomic E-state index is 12.0. The lowest BCUT2D eigenvalue weighted by molar-refractivity contribution is 0.565. The van der Waals surface area contributed by atoms with Crippen molar-refractivity contribution in [2.45, 2.75) is 36.9 Å². The van der Waals surface area contributed by atoms with E-state index in [2.05, 4.69) is 15.6 Å². The third-order valence-corrected chi connectivity index (χ3v) is 5.18. The Morgan fingerprint density at radius 2 is 2.24 bits per heavy atom. The van der Waals surface area contributed by atoms with Gasteiger partial charge in [0.2, 0.25) is 0 Å². The van der Waals surface area contributed by atoms with E-state index in [-0.39, 0.29) is 4.21 Å². The maximum absolute atomic E-state index is 12.0. The van der Waals surface area contributed by atoms with E-state index >= 15 is 0 Å². The number of thiazole rings is 1. The Morgan fingerprint density at radius 3 is 2.65 bits per heavy atom. The quantitative estimate of drug-likeness (QED) is 0.780. The van der Waals surface area contributed by atoms with Crippen molar-refractivity contribution in [3.8, 4) is 12.3 Å². The van der Waals surface area contributed by atoms with E-state index in [1.165, 1.54) is 6.92 Å². The first-order chi connectivity index (χ1) is 7.90. The van der Waals surface area contributed by atoms with Crippen LogP contribution in [0.1, 0.15) is 25.5 Å². The Labute approximate surface area is 104 Å². The number of nitrogens with one attached hydrogen (secondary N) is 2. The zero-order valence-electron chi connectivity index (χ0n) is 9.61. The molecular formula is C10H14N2O3S2. The molecule has 0 aliphatic heterocycles. The fourth-order valence-electron chi connectivity index (χ4n) is 1.35. The summed E-state index contributed by atoms with van der Waals surface area (Å²) < 4.78 is 26.3. The first-order valence-electron chi connectivity index (χ1n) is 5.09. The van der Waals surface area contributed by atoms with E-state index < -0.39 is 20.9 Å². The minimum atomic E-state index is -3.71. The van der Waals surface area contributed by atoms with E-state index in [4.69, 9.17) is 6.42 Å². The molecule has 94 valence electrons. The summed E-state index contributed by atoms with van der Waals surface area (Å²) in [5, 5.41) is 0. The van der Waals surface area contributed by atoms with Crippen molar-refractivity contribution in [1.29, 1.82) is 0 Å². The molecule has 1 atom stereocenters. The number of hydrogen-bond acceptors (Lipinski definition) is 4. The largest absolute Gasteiger partial charge is 0.315 e. The number of aromatic amines is 1. The molecule has 0 fully saturated rings. The number of hydrogen-bond donors (Lipinski definition) is 2. The lowest BCUT2D eigenvalue weighted by atomic mass is 10.2. The molecule has 1 aromatic rings. The third-order valence-electron chi connectivity index (χ3n) is 2.10. The molecule has 0 bridgehead atoms. The monoisotopic (exact) mass is 274 g/mol. The molecule has 1 aromatic heterocycles. The summed E-state index contributed by atoms with van der Waals surface area (Å²) in [5.74, 6) is 2.38. The van der Waals surface area contributed by atoms with Gasteiger partial charge in [-0.25, -0.2) is 8.42 Å². The first-order valence-corrected chi connectivity index (χ1v) is 7.38. The third kappa shape index (κ3) is 3.43. The normalized spacial score (nSPS) is 13.2. The van der Waals surface area contributed by atoms with Gasteiger partial charge in [-0.3, -0.25) is 4.79 Å². The highest BCUT2D eigenvalue weighted by Crippen LogP contribution is 2.16. The summed E-state index contributed by atoms with van der Waals surface area (Å²) in [7, 11) is -3.71. The second kappa shape index (κ2) is 5.49. The second-order valence-corrected chi connectivity index (χ2v) is 6.45. The highest BCUT2D eigenvalue weighted by atomic mass is 32.2. The molecule has 0 saturated heterocycles. The number of H-pyrrole nitrogens is 1. The minimum Gasteiger partial charge on any atom is -0.315 e. The summed E-state index contributed by atoms with van der Waals surface area (Å²) >= 11 is 0.662. The Kier molecular flexibility index (Phi) is 4.51. The molecule has 5 nitrogen and oxygen atoms in total. The lowest BCUT2D eigenvalue weighted by Crippen LogP contribution is -2.33. The molecule has 1 unspecified atom stereocenters. The summed E-state index contributed by atoms with van der Waals surface area (Å²) in [4.78, 5) is 13.1. The van der Waals surface area contributed by atoms with Crippen LogP contribution in [-0.4, -0.2) is 19.4 Å². The number of sulfonamides is 1. The van der Waals surface area contributed by atoms with Gasteiger partial charge < -0.3 is 4.98 Å². The van der Waals surface area contributed by atoms with Gasteiger partial charge in [0.15, 0.2) is 4.21 Å². The van der Waals surface area contributed by atoms with Crippen molar-refractivity contribution >= 4 is 21.4 Å². The Hall–Kier alpha value is -1.10. The molecule has 0 aliphatic carbocycles. The summed E-state index contributed by atoms with van der Waals surface area (Å²) in [5.41, 5.74) is 0.333. The average Bonchev–Trinajstić information content (AvgIpc) is 2.57. The van der Waals surface area contributed by atoms with E-state index in [1.54, 1.807) is 0 Å². The van der Waals surface area contributed by atoms with E-state index in [1.807, 2.05) is 6.92 Å². The van der Waals surface area contributed by atoms with Crippen LogP contribution in [0.5, 0.6) is 0 Å². The Balaban J connectivity index is 3.01. The summed E-state index contributed by atoms with van der Waals surface area (Å²) in [6.07, 6.45) is 6.59. The van der Waals surface area contributed by atoms with Gasteiger partial charge in [0.05, 0.1) is 6.04 Å². The zero-order chi connectivity index (χ0) is 13.1. The van der Waals surface area contributed by atoms with Crippen LogP contribution in [0.3, 0.4) is 0 Å². The van der Waals surface area contributed by atoms with Crippen LogP contribution >= 0.6 is 11.3 Å². The average molecular weight is 274 g/mol. The van der Waals surface area contributed by atoms with Gasteiger partial charge in [0.1, 0.15) is 0 Å². The fraction of sp³-hybridized carbons (Fsp3) is 0.500. The molecule has 0 amide bonds. The molecule has 0 aromatic carbocycles. The van der Waals surface area contributed by atoms with Gasteiger partial charge in [-0.05, 0) is 13.3 Å². The van der Waals surface area contributed by atoms with Gasteiger partial charge in [0.25, 0.3) is 10.0 Å². The first kappa shape index (κ1) is 14.0. The highest BCUT2D eigenvalue weighted by molar-refractivity contribution is 7.91. The van der Waals surface area contributed by atoms with Crippen molar-refractivity contribution in [3.05, 3.63) is 15.4 Å². The van der Waals surface area contributed by atoms with Crippen LogP contribution in [-0.2, 0) is 10.0 Å². The predicted molar refractivity (Wildman–Crippen MR) is 67.5 cm³/mol. The number of aryl methyl sites for hydroxylation is 1. The molecule has 17 heavy (non-hydrogen) atoms. The van der Waals surface area contributed by atoms with Crippen molar-refractivity contribution in [1.82, 2.24) is 9.71 Å². The predicted octanol–water partition coefficient (Wildman–Crippen LogP) is 0.825. The van der Waals surface area contributed by atoms with Crippen molar-refractivity contribution in [2.75, 3.05) is 0 Å². The summed E-state index contributed by atoms with van der Waals surface area (Å²) in [6.45, 7) is 3.45. The minimum absolute atomic E-state index is 0.00106. The van der Waals surface area contributed by atoms with Gasteiger partial charge >= 0.3 is 4.87 Å². The lowest BCUT2D eigenvalue weighted by Gasteiger charge is -2.11. The highest BCUT2D eigenvalue weighted by Gasteiger charge is 2.23. The zero-order valence-corrected chi connectivity index (χ0v) is 11.2. The van der Waals surface area contributed by atoms with E-state index in [9.17, 15) is 13.2 Å². The smallest absolute Gasteiger partial charge is 0.305 e. The molecular weight excluding hydrogens is 260 g/mol. The van der Waals surface area contributed by atoms with E-state index in [0.29, 0.717) is 23.5 Å². The van der Waals surface area contributed by atoms with Crippen LogP contribution in [0.25, 0.3) is 0 Å².